The van der Waals surface area contributed by atoms with Gasteiger partial charge in [0.25, 0.3) is 0 Å². The van der Waals surface area contributed by atoms with Crippen LogP contribution in [-0.2, 0) is 0 Å². The molecule has 2 aromatic heterocycles. The molecular formula is C12H13ClN4S2. The summed E-state index contributed by atoms with van der Waals surface area (Å²) in [5.41, 5.74) is 0. The number of nitrogens with zero attached hydrogens (tertiary/aromatic N) is 3. The third-order valence-electron chi connectivity index (χ3n) is 2.13. The van der Waals surface area contributed by atoms with Crippen LogP contribution in [0.1, 0.15) is 6.92 Å². The van der Waals surface area contributed by atoms with E-state index in [0.29, 0.717) is 5.02 Å². The molecule has 2 heterocycles. The van der Waals surface area contributed by atoms with E-state index in [1.54, 1.807) is 6.20 Å². The molecule has 0 radical (unpaired) electrons. The van der Waals surface area contributed by atoms with Crippen LogP contribution in [0.3, 0.4) is 0 Å². The largest absolute Gasteiger partial charge is 0.370 e. The van der Waals surface area contributed by atoms with Gasteiger partial charge in [0.2, 0.25) is 0 Å². The molecule has 0 saturated heterocycles. The average Bonchev–Trinajstić information content (AvgIpc) is 2.41. The first-order valence-corrected chi connectivity index (χ1v) is 8.09. The number of rotatable bonds is 5. The van der Waals surface area contributed by atoms with Gasteiger partial charge in [-0.05, 0) is 37.1 Å². The Morgan fingerprint density at radius 1 is 1.26 bits per heavy atom. The molecular weight excluding hydrogens is 300 g/mol. The Balaban J connectivity index is 2.23. The molecule has 0 amide bonds. The van der Waals surface area contributed by atoms with Crippen LogP contribution in [-0.4, -0.2) is 27.8 Å². The van der Waals surface area contributed by atoms with Gasteiger partial charge in [-0.1, -0.05) is 23.4 Å². The summed E-state index contributed by atoms with van der Waals surface area (Å²) in [7, 11) is 0. The van der Waals surface area contributed by atoms with Crippen LogP contribution in [0.2, 0.25) is 5.02 Å². The highest BCUT2D eigenvalue weighted by Gasteiger charge is 2.06. The van der Waals surface area contributed by atoms with Gasteiger partial charge in [0.15, 0.2) is 5.16 Å². The summed E-state index contributed by atoms with van der Waals surface area (Å²) in [4.78, 5) is 13.1. The van der Waals surface area contributed by atoms with Crippen molar-refractivity contribution in [2.75, 3.05) is 18.1 Å². The van der Waals surface area contributed by atoms with Crippen LogP contribution in [0.25, 0.3) is 0 Å². The normalized spacial score (nSPS) is 10.5. The molecule has 0 aliphatic rings. The van der Waals surface area contributed by atoms with E-state index >= 15 is 0 Å². The Morgan fingerprint density at radius 3 is 2.74 bits per heavy atom. The lowest BCUT2D eigenvalue weighted by Gasteiger charge is -2.07. The molecule has 0 aromatic carbocycles. The number of nitrogens with one attached hydrogen (secondary N) is 1. The minimum Gasteiger partial charge on any atom is -0.370 e. The zero-order valence-electron chi connectivity index (χ0n) is 10.6. The zero-order chi connectivity index (χ0) is 13.7. The van der Waals surface area contributed by atoms with Gasteiger partial charge in [-0.2, -0.15) is 0 Å². The number of aromatic nitrogens is 3. The molecule has 19 heavy (non-hydrogen) atoms. The molecule has 2 aromatic rings. The van der Waals surface area contributed by atoms with Crippen LogP contribution in [0.15, 0.2) is 39.6 Å². The van der Waals surface area contributed by atoms with Gasteiger partial charge >= 0.3 is 0 Å². The summed E-state index contributed by atoms with van der Waals surface area (Å²) in [5.74, 6) is 0.832. The first-order valence-electron chi connectivity index (χ1n) is 5.67. The number of hydrogen-bond acceptors (Lipinski definition) is 6. The van der Waals surface area contributed by atoms with Gasteiger partial charge in [0.1, 0.15) is 15.9 Å². The summed E-state index contributed by atoms with van der Waals surface area (Å²) < 4.78 is 0. The molecule has 0 aliphatic carbocycles. The number of halogens is 1. The van der Waals surface area contributed by atoms with E-state index in [1.807, 2.05) is 31.4 Å². The smallest absolute Gasteiger partial charge is 0.190 e. The van der Waals surface area contributed by atoms with Crippen molar-refractivity contribution < 1.29 is 0 Å². The van der Waals surface area contributed by atoms with Crippen molar-refractivity contribution in [3.8, 4) is 0 Å². The van der Waals surface area contributed by atoms with Gasteiger partial charge < -0.3 is 5.32 Å². The third kappa shape index (κ3) is 4.26. The van der Waals surface area contributed by atoms with Crippen LogP contribution < -0.4 is 5.32 Å². The van der Waals surface area contributed by atoms with Crippen molar-refractivity contribution in [3.63, 3.8) is 0 Å². The predicted molar refractivity (Wildman–Crippen MR) is 81.3 cm³/mol. The molecule has 4 nitrogen and oxygen atoms in total. The molecule has 0 spiro atoms. The van der Waals surface area contributed by atoms with E-state index in [1.165, 1.54) is 23.5 Å². The Labute approximate surface area is 125 Å². The maximum atomic E-state index is 5.82. The lowest BCUT2D eigenvalue weighted by atomic mass is 10.5. The monoisotopic (exact) mass is 312 g/mol. The fourth-order valence-corrected chi connectivity index (χ4v) is 2.66. The van der Waals surface area contributed by atoms with Crippen molar-refractivity contribution in [3.05, 3.63) is 29.4 Å². The standard InChI is InChI=1S/C12H13ClN4S2/c1-3-14-9-6-11(17-12(16-9)18-2)19-10-5-4-8(13)7-15-10/h4-7H,3H2,1-2H3,(H,14,16,17). The summed E-state index contributed by atoms with van der Waals surface area (Å²) in [6.45, 7) is 2.86. The minimum absolute atomic E-state index is 0.630. The van der Waals surface area contributed by atoms with Gasteiger partial charge in [0, 0.05) is 18.8 Å². The quantitative estimate of drug-likeness (QED) is 0.514. The van der Waals surface area contributed by atoms with Gasteiger partial charge in [-0.3, -0.25) is 0 Å². The Morgan fingerprint density at radius 2 is 2.11 bits per heavy atom. The Kier molecular flexibility index (Phi) is 5.30. The molecule has 0 bridgehead atoms. The zero-order valence-corrected chi connectivity index (χ0v) is 12.9. The van der Waals surface area contributed by atoms with Crippen LogP contribution in [0.4, 0.5) is 5.82 Å². The van der Waals surface area contributed by atoms with Crippen LogP contribution in [0.5, 0.6) is 0 Å². The maximum Gasteiger partial charge on any atom is 0.190 e. The second kappa shape index (κ2) is 6.98. The molecule has 7 heteroatoms. The number of thioether (sulfide) groups is 1. The van der Waals surface area contributed by atoms with Crippen molar-refractivity contribution in [2.45, 2.75) is 22.1 Å². The summed E-state index contributed by atoms with van der Waals surface area (Å²) >= 11 is 8.83. The summed E-state index contributed by atoms with van der Waals surface area (Å²) in [6.07, 6.45) is 3.59. The molecule has 0 unspecified atom stereocenters. The SMILES string of the molecule is CCNc1cc(Sc2ccc(Cl)cn2)nc(SC)n1. The highest BCUT2D eigenvalue weighted by atomic mass is 35.5. The van der Waals surface area contributed by atoms with E-state index < -0.39 is 0 Å². The summed E-state index contributed by atoms with van der Waals surface area (Å²) in [6, 6.07) is 5.61. The highest BCUT2D eigenvalue weighted by Crippen LogP contribution is 2.28. The molecule has 2 rings (SSSR count). The molecule has 0 saturated carbocycles. The Hall–Kier alpha value is -0.980. The Bertz CT molecular complexity index is 548. The van der Waals surface area contributed by atoms with Crippen molar-refractivity contribution >= 4 is 40.9 Å². The maximum absolute atomic E-state index is 5.82. The van der Waals surface area contributed by atoms with Crippen LogP contribution in [0, 0.1) is 0 Å². The first-order chi connectivity index (χ1) is 9.21. The molecule has 1 N–H and O–H groups in total. The van der Waals surface area contributed by atoms with E-state index in [9.17, 15) is 0 Å². The third-order valence-corrected chi connectivity index (χ3v) is 3.77. The van der Waals surface area contributed by atoms with Crippen molar-refractivity contribution in [1.29, 1.82) is 0 Å². The van der Waals surface area contributed by atoms with E-state index in [-0.39, 0.29) is 0 Å². The average molecular weight is 313 g/mol. The molecule has 100 valence electrons. The lowest BCUT2D eigenvalue weighted by Crippen LogP contribution is -2.01. The number of pyridine rings is 1. The van der Waals surface area contributed by atoms with Crippen molar-refractivity contribution in [2.24, 2.45) is 0 Å². The lowest BCUT2D eigenvalue weighted by molar-refractivity contribution is 0.889. The number of anilines is 1. The highest BCUT2D eigenvalue weighted by molar-refractivity contribution is 7.99. The molecule has 0 aliphatic heterocycles. The van der Waals surface area contributed by atoms with Gasteiger partial charge in [-0.15, -0.1) is 0 Å². The van der Waals surface area contributed by atoms with Crippen molar-refractivity contribution in [1.82, 2.24) is 15.0 Å². The van der Waals surface area contributed by atoms with E-state index in [2.05, 4.69) is 20.3 Å². The fourth-order valence-electron chi connectivity index (χ4n) is 1.35. The first kappa shape index (κ1) is 14.4. The topological polar surface area (TPSA) is 50.7 Å². The minimum atomic E-state index is 0.630. The van der Waals surface area contributed by atoms with Gasteiger partial charge in [-0.25, -0.2) is 15.0 Å². The van der Waals surface area contributed by atoms with E-state index in [4.69, 9.17) is 11.6 Å². The number of hydrogen-bond donors (Lipinski definition) is 1. The molecule has 0 atom stereocenters. The van der Waals surface area contributed by atoms with Crippen LogP contribution >= 0.6 is 35.1 Å². The van der Waals surface area contributed by atoms with E-state index in [0.717, 1.165) is 27.6 Å². The van der Waals surface area contributed by atoms with Gasteiger partial charge in [0.05, 0.1) is 5.02 Å². The second-order valence-corrected chi connectivity index (χ2v) is 5.78. The fraction of sp³-hybridized carbons (Fsp3) is 0.250. The molecule has 0 fully saturated rings. The summed E-state index contributed by atoms with van der Waals surface area (Å²) in [5, 5.41) is 6.30. The second-order valence-electron chi connectivity index (χ2n) is 3.53. The predicted octanol–water partition coefficient (Wildman–Crippen LogP) is 3.83.